The molecule has 1 atom stereocenters. The number of nitrogens with one attached hydrogen (secondary N) is 1. The predicted octanol–water partition coefficient (Wildman–Crippen LogP) is 1.97. The summed E-state index contributed by atoms with van der Waals surface area (Å²) in [6.45, 7) is 7.26. The third kappa shape index (κ3) is 4.92. The molecule has 172 valence electrons. The Morgan fingerprint density at radius 3 is 2.39 bits per heavy atom. The van der Waals surface area contributed by atoms with Crippen molar-refractivity contribution in [1.29, 1.82) is 5.26 Å². The van der Waals surface area contributed by atoms with Crippen molar-refractivity contribution in [1.82, 2.24) is 14.5 Å². The third-order valence-corrected chi connectivity index (χ3v) is 7.39. The Labute approximate surface area is 194 Å². The van der Waals surface area contributed by atoms with Crippen LogP contribution >= 0.6 is 0 Å². The lowest BCUT2D eigenvalue weighted by molar-refractivity contribution is -0.135. The van der Waals surface area contributed by atoms with E-state index in [1.807, 2.05) is 43.0 Å². The first kappa shape index (κ1) is 23.0. The molecule has 0 aliphatic carbocycles. The Morgan fingerprint density at radius 2 is 1.76 bits per heavy atom. The lowest BCUT2D eigenvalue weighted by Crippen LogP contribution is -2.51. The van der Waals surface area contributed by atoms with Gasteiger partial charge in [0.15, 0.2) is 0 Å². The number of aliphatic imine (C=N–C) groups is 1. The second kappa shape index (κ2) is 9.33. The van der Waals surface area contributed by atoms with E-state index in [9.17, 15) is 13.2 Å². The molecule has 2 aromatic carbocycles. The topological polar surface area (TPSA) is 106 Å². The highest BCUT2D eigenvalue weighted by atomic mass is 32.2. The van der Waals surface area contributed by atoms with Crippen LogP contribution in [-0.2, 0) is 21.4 Å². The molecule has 2 aromatic rings. The molecule has 2 heterocycles. The summed E-state index contributed by atoms with van der Waals surface area (Å²) in [7, 11) is -3.65. The predicted molar refractivity (Wildman–Crippen MR) is 125 cm³/mol. The molecule has 9 heteroatoms. The van der Waals surface area contributed by atoms with Crippen LogP contribution in [0.5, 0.6) is 0 Å². The van der Waals surface area contributed by atoms with Crippen LogP contribution < -0.4 is 4.72 Å². The van der Waals surface area contributed by atoms with Crippen molar-refractivity contribution in [3.05, 3.63) is 65.2 Å². The quantitative estimate of drug-likeness (QED) is 0.727. The molecule has 4 rings (SSSR count). The second-order valence-corrected chi connectivity index (χ2v) is 10.3. The highest BCUT2D eigenvalue weighted by molar-refractivity contribution is 7.90. The number of sulfonamides is 1. The van der Waals surface area contributed by atoms with Gasteiger partial charge in [0.25, 0.3) is 10.0 Å². The van der Waals surface area contributed by atoms with E-state index in [0.29, 0.717) is 24.2 Å². The van der Waals surface area contributed by atoms with Gasteiger partial charge in [-0.1, -0.05) is 38.1 Å². The second-order valence-electron chi connectivity index (χ2n) is 8.68. The van der Waals surface area contributed by atoms with E-state index in [1.165, 1.54) is 0 Å². The van der Waals surface area contributed by atoms with Gasteiger partial charge in [0, 0.05) is 38.3 Å². The van der Waals surface area contributed by atoms with Gasteiger partial charge in [0.2, 0.25) is 5.91 Å². The summed E-state index contributed by atoms with van der Waals surface area (Å²) >= 11 is 0. The maximum Gasteiger partial charge on any atom is 0.263 e. The summed E-state index contributed by atoms with van der Waals surface area (Å²) in [5, 5.41) is 8.94. The van der Waals surface area contributed by atoms with Crippen LogP contribution in [0.25, 0.3) is 0 Å². The zero-order valence-electron chi connectivity index (χ0n) is 18.7. The first-order valence-corrected chi connectivity index (χ1v) is 12.5. The number of piperazine rings is 1. The van der Waals surface area contributed by atoms with Gasteiger partial charge in [-0.15, -0.1) is 0 Å². The van der Waals surface area contributed by atoms with Crippen LogP contribution in [0.15, 0.2) is 58.4 Å². The molecule has 0 aromatic heterocycles. The first-order chi connectivity index (χ1) is 15.8. The van der Waals surface area contributed by atoms with E-state index in [2.05, 4.69) is 20.7 Å². The van der Waals surface area contributed by atoms with Crippen molar-refractivity contribution in [2.24, 2.45) is 10.9 Å². The average molecular weight is 466 g/mol. The van der Waals surface area contributed by atoms with Crippen molar-refractivity contribution in [3.8, 4) is 6.07 Å². The Bertz CT molecular complexity index is 1210. The van der Waals surface area contributed by atoms with Crippen molar-refractivity contribution >= 4 is 21.8 Å². The van der Waals surface area contributed by atoms with Crippen molar-refractivity contribution in [2.45, 2.75) is 31.3 Å². The molecule has 0 bridgehead atoms. The number of nitriles is 1. The molecule has 2 aliphatic heterocycles. The average Bonchev–Trinajstić information content (AvgIpc) is 3.08. The number of amides is 1. The number of nitrogens with zero attached hydrogens (tertiary/aromatic N) is 4. The molecular formula is C24H27N5O3S. The van der Waals surface area contributed by atoms with Gasteiger partial charge in [-0.2, -0.15) is 5.26 Å². The van der Waals surface area contributed by atoms with E-state index in [4.69, 9.17) is 5.26 Å². The molecule has 2 aliphatic rings. The fourth-order valence-electron chi connectivity index (χ4n) is 4.11. The molecule has 1 amide bonds. The largest absolute Gasteiger partial charge is 0.338 e. The summed E-state index contributed by atoms with van der Waals surface area (Å²) in [5.41, 5.74) is 2.28. The monoisotopic (exact) mass is 465 g/mol. The summed E-state index contributed by atoms with van der Waals surface area (Å²) in [6, 6.07) is 15.7. The van der Waals surface area contributed by atoms with Crippen LogP contribution in [0, 0.1) is 17.2 Å². The smallest absolute Gasteiger partial charge is 0.263 e. The van der Waals surface area contributed by atoms with E-state index in [0.717, 1.165) is 25.2 Å². The SMILES string of the molecule is CC(C)[C@H](N=C1NS(=O)(=O)c2ccccc21)C(=O)N1CCN(Cc2ccc(C#N)cc2)CC1. The fourth-order valence-corrected chi connectivity index (χ4v) is 5.35. The van der Waals surface area contributed by atoms with Gasteiger partial charge in [-0.25, -0.2) is 8.42 Å². The minimum Gasteiger partial charge on any atom is -0.338 e. The molecule has 0 saturated carbocycles. The van der Waals surface area contributed by atoms with Crippen molar-refractivity contribution < 1.29 is 13.2 Å². The minimum absolute atomic E-state index is 0.0842. The number of benzene rings is 2. The molecule has 1 saturated heterocycles. The highest BCUT2D eigenvalue weighted by Gasteiger charge is 2.34. The Hall–Kier alpha value is -3.22. The standard InChI is InChI=1S/C24H27N5O3S/c1-17(2)22(26-23-20-5-3-4-6-21(20)33(31,32)27-23)24(30)29-13-11-28(12-14-29)16-19-9-7-18(15-25)8-10-19/h3-10,17,22H,11-14,16H2,1-2H3,(H,26,27)/t22-/m0/s1. The van der Waals surface area contributed by atoms with E-state index >= 15 is 0 Å². The fraction of sp³-hybridized carbons (Fsp3) is 0.375. The number of amidine groups is 1. The Balaban J connectivity index is 1.43. The Morgan fingerprint density at radius 1 is 1.09 bits per heavy atom. The van der Waals surface area contributed by atoms with Gasteiger partial charge in [-0.05, 0) is 35.7 Å². The lowest BCUT2D eigenvalue weighted by atomic mass is 10.0. The number of carbonyl (C=O) groups is 1. The number of hydrogen-bond acceptors (Lipinski definition) is 6. The molecule has 0 unspecified atom stereocenters. The summed E-state index contributed by atoms with van der Waals surface area (Å²) in [4.78, 5) is 22.2. The summed E-state index contributed by atoms with van der Waals surface area (Å²) < 4.78 is 27.3. The van der Waals surface area contributed by atoms with Crippen LogP contribution in [-0.4, -0.2) is 62.2 Å². The number of fused-ring (bicyclic) bond motifs is 1. The van der Waals surface area contributed by atoms with Gasteiger partial charge >= 0.3 is 0 Å². The highest BCUT2D eigenvalue weighted by Crippen LogP contribution is 2.24. The maximum absolute atomic E-state index is 13.3. The normalized spacial score (nSPS) is 19.7. The molecule has 1 N–H and O–H groups in total. The zero-order valence-corrected chi connectivity index (χ0v) is 19.5. The minimum atomic E-state index is -3.65. The van der Waals surface area contributed by atoms with Crippen LogP contribution in [0.1, 0.15) is 30.5 Å². The number of carbonyl (C=O) groups excluding carboxylic acids is 1. The van der Waals surface area contributed by atoms with Gasteiger partial charge in [0.1, 0.15) is 11.9 Å². The van der Waals surface area contributed by atoms with E-state index in [-0.39, 0.29) is 22.6 Å². The number of rotatable bonds is 5. The van der Waals surface area contributed by atoms with Gasteiger partial charge < -0.3 is 4.90 Å². The van der Waals surface area contributed by atoms with Crippen molar-refractivity contribution in [2.75, 3.05) is 26.2 Å². The molecule has 0 radical (unpaired) electrons. The van der Waals surface area contributed by atoms with Gasteiger partial charge in [-0.3, -0.25) is 19.4 Å². The maximum atomic E-state index is 13.3. The zero-order chi connectivity index (χ0) is 23.6. The Kier molecular flexibility index (Phi) is 6.49. The van der Waals surface area contributed by atoms with E-state index < -0.39 is 16.1 Å². The van der Waals surface area contributed by atoms with Crippen molar-refractivity contribution in [3.63, 3.8) is 0 Å². The molecule has 33 heavy (non-hydrogen) atoms. The van der Waals surface area contributed by atoms with Crippen LogP contribution in [0.3, 0.4) is 0 Å². The van der Waals surface area contributed by atoms with Crippen LogP contribution in [0.2, 0.25) is 0 Å². The van der Waals surface area contributed by atoms with E-state index in [1.54, 1.807) is 24.3 Å². The molecule has 0 spiro atoms. The van der Waals surface area contributed by atoms with Gasteiger partial charge in [0.05, 0.1) is 16.5 Å². The summed E-state index contributed by atoms with van der Waals surface area (Å²) in [6.07, 6.45) is 0. The summed E-state index contributed by atoms with van der Waals surface area (Å²) in [5.74, 6) is 0.0650. The number of hydrogen-bond donors (Lipinski definition) is 1. The molecule has 1 fully saturated rings. The molecular weight excluding hydrogens is 438 g/mol. The first-order valence-electron chi connectivity index (χ1n) is 11.0. The molecule has 8 nitrogen and oxygen atoms in total. The lowest BCUT2D eigenvalue weighted by Gasteiger charge is -2.36. The third-order valence-electron chi connectivity index (χ3n) is 5.99. The van der Waals surface area contributed by atoms with Crippen LogP contribution in [0.4, 0.5) is 0 Å².